The van der Waals surface area contributed by atoms with Gasteiger partial charge in [-0.2, -0.15) is 6.41 Å². The molecule has 0 aliphatic heterocycles. The monoisotopic (exact) mass is 529 g/mol. The number of ether oxygens (including phenoxy) is 4. The average molecular weight is 529 g/mol. The van der Waals surface area contributed by atoms with Crippen LogP contribution in [0.15, 0.2) is 18.2 Å². The van der Waals surface area contributed by atoms with Crippen LogP contribution in [-0.4, -0.2) is 45.0 Å². The Morgan fingerprint density at radius 3 is 2.29 bits per heavy atom. The van der Waals surface area contributed by atoms with Gasteiger partial charge in [-0.1, -0.05) is 6.07 Å². The summed E-state index contributed by atoms with van der Waals surface area (Å²) in [6.07, 6.45) is 2.26. The molecule has 0 saturated carbocycles. The van der Waals surface area contributed by atoms with Crippen LogP contribution in [0.3, 0.4) is 0 Å². The van der Waals surface area contributed by atoms with E-state index in [4.69, 9.17) is 18.9 Å². The number of hydrogen-bond donors (Lipinski definition) is 1. The van der Waals surface area contributed by atoms with E-state index >= 15 is 0 Å². The Bertz CT molecular complexity index is 594. The van der Waals surface area contributed by atoms with Crippen molar-refractivity contribution < 1.29 is 68.5 Å². The summed E-state index contributed by atoms with van der Waals surface area (Å²) >= 11 is 0. The van der Waals surface area contributed by atoms with Gasteiger partial charge in [-0.25, -0.2) is 4.39 Å². The van der Waals surface area contributed by atoms with Crippen LogP contribution in [0, 0.1) is 46.2 Å². The van der Waals surface area contributed by atoms with Gasteiger partial charge in [-0.05, 0) is 52.8 Å². The van der Waals surface area contributed by atoms with Crippen LogP contribution in [-0.2, 0) is 19.0 Å². The maximum Gasteiger partial charge on any atom is 0.183 e. The molecule has 0 aliphatic carbocycles. The molecule has 0 bridgehead atoms. The van der Waals surface area contributed by atoms with E-state index in [0.29, 0.717) is 31.6 Å². The van der Waals surface area contributed by atoms with Crippen molar-refractivity contribution in [3.8, 4) is 5.75 Å². The van der Waals surface area contributed by atoms with Crippen molar-refractivity contribution in [1.29, 1.82) is 0 Å². The molecule has 0 spiro atoms. The molecule has 0 saturated heterocycles. The third-order valence-electron chi connectivity index (χ3n) is 4.16. The molecule has 1 rings (SSSR count). The standard InChI is InChI=1S/C20H31FNO5.Pm/c1-19(2,9-11-22-14-23)26-12-10-20(3,4)27-17-8-7-15(13-16(17)21)18(24-5)25-6;/h7-8,13,18H,9-12H2,1-6H3,(H,22,23);/q-1;. The Morgan fingerprint density at radius 1 is 1.11 bits per heavy atom. The number of halogens is 1. The fourth-order valence-corrected chi connectivity index (χ4v) is 2.52. The van der Waals surface area contributed by atoms with E-state index < -0.39 is 17.7 Å². The second-order valence-corrected chi connectivity index (χ2v) is 7.49. The van der Waals surface area contributed by atoms with Crippen molar-refractivity contribution in [2.45, 2.75) is 58.0 Å². The predicted molar refractivity (Wildman–Crippen MR) is 101 cm³/mol. The zero-order chi connectivity index (χ0) is 20.5. The molecule has 159 valence electrons. The van der Waals surface area contributed by atoms with E-state index in [1.54, 1.807) is 18.5 Å². The quantitative estimate of drug-likeness (QED) is 0.184. The van der Waals surface area contributed by atoms with E-state index in [9.17, 15) is 9.18 Å². The first-order valence-electron chi connectivity index (χ1n) is 8.92. The summed E-state index contributed by atoms with van der Waals surface area (Å²) in [4.78, 5) is 10.2. The van der Waals surface area contributed by atoms with Crippen molar-refractivity contribution in [1.82, 2.24) is 5.32 Å². The summed E-state index contributed by atoms with van der Waals surface area (Å²) in [5.41, 5.74) is -0.425. The van der Waals surface area contributed by atoms with E-state index in [-0.39, 0.29) is 51.7 Å². The molecule has 8 heteroatoms. The summed E-state index contributed by atoms with van der Waals surface area (Å²) in [5, 5.41) is 2.50. The van der Waals surface area contributed by atoms with Crippen LogP contribution >= 0.6 is 0 Å². The van der Waals surface area contributed by atoms with Gasteiger partial charge < -0.3 is 29.1 Å². The number of benzene rings is 1. The Morgan fingerprint density at radius 2 is 1.75 bits per heavy atom. The van der Waals surface area contributed by atoms with Gasteiger partial charge in [0, 0.05) is 66.6 Å². The fraction of sp³-hybridized carbons (Fsp3) is 0.650. The minimum Gasteiger partial charge on any atom is -0.530 e. The van der Waals surface area contributed by atoms with Crippen molar-refractivity contribution in [2.24, 2.45) is 0 Å². The maximum atomic E-state index is 14.4. The minimum absolute atomic E-state index is 0. The second kappa shape index (κ2) is 13.0. The smallest absolute Gasteiger partial charge is 0.183 e. The molecule has 0 unspecified atom stereocenters. The number of amides is 1. The number of rotatable bonds is 13. The molecule has 1 amide bonds. The van der Waals surface area contributed by atoms with E-state index in [1.807, 2.05) is 27.7 Å². The number of methoxy groups -OCH3 is 2. The topological polar surface area (TPSA) is 66.0 Å². The van der Waals surface area contributed by atoms with Gasteiger partial charge in [-0.15, -0.1) is 0 Å². The molecule has 1 aromatic rings. The molecule has 1 aromatic carbocycles. The predicted octanol–water partition coefficient (Wildman–Crippen LogP) is 3.51. The molecule has 0 fully saturated rings. The van der Waals surface area contributed by atoms with Crippen LogP contribution in [0.4, 0.5) is 4.39 Å². The first-order valence-corrected chi connectivity index (χ1v) is 8.92. The molecule has 1 radical (unpaired) electrons. The van der Waals surface area contributed by atoms with E-state index in [0.717, 1.165) is 0 Å². The van der Waals surface area contributed by atoms with Crippen LogP contribution < -0.4 is 10.1 Å². The molecule has 0 aliphatic rings. The summed E-state index contributed by atoms with van der Waals surface area (Å²) in [7, 11) is 2.99. The van der Waals surface area contributed by atoms with E-state index in [1.165, 1.54) is 20.3 Å². The van der Waals surface area contributed by atoms with Gasteiger partial charge in [0.25, 0.3) is 0 Å². The zero-order valence-electron chi connectivity index (χ0n) is 17.5. The first-order chi connectivity index (χ1) is 12.6. The summed E-state index contributed by atoms with van der Waals surface area (Å²) in [6, 6.07) is 4.63. The van der Waals surface area contributed by atoms with E-state index in [2.05, 4.69) is 5.32 Å². The Labute approximate surface area is 199 Å². The van der Waals surface area contributed by atoms with Crippen LogP contribution in [0.1, 0.15) is 52.4 Å². The second-order valence-electron chi connectivity index (χ2n) is 7.49. The zero-order valence-corrected chi connectivity index (χ0v) is 20.4. The Balaban J connectivity index is 0.00000729. The molecule has 0 aromatic heterocycles. The molecule has 6 nitrogen and oxygen atoms in total. The maximum absolute atomic E-state index is 14.4. The number of carbonyl (C=O) groups excluding carboxylic acids is 1. The largest absolute Gasteiger partial charge is 0.530 e. The van der Waals surface area contributed by atoms with Crippen LogP contribution in [0.2, 0.25) is 0 Å². The normalized spacial score (nSPS) is 11.9. The summed E-state index contributed by atoms with van der Waals surface area (Å²) < 4.78 is 36.4. The van der Waals surface area contributed by atoms with Crippen molar-refractivity contribution >= 4 is 6.41 Å². The Hall–Kier alpha value is -0.362. The van der Waals surface area contributed by atoms with Crippen molar-refractivity contribution in [3.05, 3.63) is 29.6 Å². The number of hydrogen-bond acceptors (Lipinski definition) is 5. The third kappa shape index (κ3) is 9.91. The van der Waals surface area contributed by atoms with Gasteiger partial charge in [0.15, 0.2) is 17.9 Å². The molecule has 1 N–H and O–H groups in total. The first kappa shape index (κ1) is 27.6. The van der Waals surface area contributed by atoms with Gasteiger partial charge in [0.2, 0.25) is 0 Å². The van der Waals surface area contributed by atoms with Crippen molar-refractivity contribution in [3.63, 3.8) is 0 Å². The van der Waals surface area contributed by atoms with Gasteiger partial charge in [0.1, 0.15) is 5.60 Å². The Kier molecular flexibility index (Phi) is 12.9. The third-order valence-corrected chi connectivity index (χ3v) is 4.16. The molecule has 28 heavy (non-hydrogen) atoms. The van der Waals surface area contributed by atoms with Gasteiger partial charge in [0.05, 0.1) is 12.2 Å². The minimum atomic E-state index is -0.622. The average Bonchev–Trinajstić information content (AvgIpc) is 2.58. The molecule has 0 atom stereocenters. The SMILES string of the molecule is COC(OC)c1ccc(OC(C)(C)CCOC(C)(C)CCN[C-]=O)c(F)c1.[Pm]. The van der Waals surface area contributed by atoms with Crippen LogP contribution in [0.5, 0.6) is 5.75 Å². The fourth-order valence-electron chi connectivity index (χ4n) is 2.52. The summed E-state index contributed by atoms with van der Waals surface area (Å²) in [6.45, 7) is 8.61. The van der Waals surface area contributed by atoms with Crippen molar-refractivity contribution in [2.75, 3.05) is 27.4 Å². The molecule has 0 heterocycles. The summed E-state index contributed by atoms with van der Waals surface area (Å²) in [5.74, 6) is -0.309. The number of nitrogens with one attached hydrogen (secondary N) is 1. The molecular formula is C20H31FNO5Pm-. The van der Waals surface area contributed by atoms with Gasteiger partial charge >= 0.3 is 0 Å². The molecular weight excluding hydrogens is 498 g/mol. The van der Waals surface area contributed by atoms with Crippen LogP contribution in [0.25, 0.3) is 0 Å². The van der Waals surface area contributed by atoms with Gasteiger partial charge in [-0.3, -0.25) is 0 Å².